The number of unbranched alkanes of at least 4 members (excludes halogenated alkanes) is 4. The first-order valence-corrected chi connectivity index (χ1v) is 9.31. The molecule has 2 aliphatic rings. The van der Waals surface area contributed by atoms with E-state index in [-0.39, 0.29) is 0 Å². The normalized spacial score (nSPS) is 31.4. The summed E-state index contributed by atoms with van der Waals surface area (Å²) in [5.74, 6) is 3.18. The lowest BCUT2D eigenvalue weighted by atomic mass is 9.70. The van der Waals surface area contributed by atoms with Crippen molar-refractivity contribution < 1.29 is 4.79 Å². The van der Waals surface area contributed by atoms with E-state index >= 15 is 0 Å². The lowest BCUT2D eigenvalue weighted by Gasteiger charge is -2.35. The lowest BCUT2D eigenvalue weighted by Crippen LogP contribution is -2.26. The molecule has 0 aliphatic heterocycles. The molecule has 2 fully saturated rings. The van der Waals surface area contributed by atoms with Crippen molar-refractivity contribution in [1.29, 1.82) is 0 Å². The minimum atomic E-state index is 0.541. The Kier molecular flexibility index (Phi) is 7.10. The maximum absolute atomic E-state index is 11.6. The molecule has 0 aromatic heterocycles. The van der Waals surface area contributed by atoms with Gasteiger partial charge in [0.15, 0.2) is 0 Å². The van der Waals surface area contributed by atoms with E-state index in [0.717, 1.165) is 30.6 Å². The van der Waals surface area contributed by atoms with Crippen molar-refractivity contribution in [2.45, 2.75) is 96.8 Å². The molecule has 0 heterocycles. The average Bonchev–Trinajstić information content (AvgIpc) is 2.48. The summed E-state index contributed by atoms with van der Waals surface area (Å²) in [4.78, 5) is 11.6. The van der Waals surface area contributed by atoms with Gasteiger partial charge in [0.1, 0.15) is 5.78 Å². The van der Waals surface area contributed by atoms with Crippen LogP contribution in [0.3, 0.4) is 0 Å². The quantitative estimate of drug-likeness (QED) is 0.529. The summed E-state index contributed by atoms with van der Waals surface area (Å²) in [7, 11) is 0. The van der Waals surface area contributed by atoms with Gasteiger partial charge in [-0.15, -0.1) is 0 Å². The number of rotatable bonds is 7. The first kappa shape index (κ1) is 16.0. The van der Waals surface area contributed by atoms with E-state index in [9.17, 15) is 4.79 Å². The standard InChI is InChI=1S/C19H34O/c1-2-3-4-5-6-8-16-11-13-17(14-12-16)18-9-7-10-19(20)15-18/h16-18H,2-15H2,1H3. The molecule has 1 heteroatoms. The van der Waals surface area contributed by atoms with Gasteiger partial charge in [-0.1, -0.05) is 58.3 Å². The predicted molar refractivity (Wildman–Crippen MR) is 85.8 cm³/mol. The summed E-state index contributed by atoms with van der Waals surface area (Å²) < 4.78 is 0. The Bertz CT molecular complexity index is 275. The first-order valence-electron chi connectivity index (χ1n) is 9.31. The number of carbonyl (C=O) groups is 1. The van der Waals surface area contributed by atoms with E-state index in [2.05, 4.69) is 6.92 Å². The van der Waals surface area contributed by atoms with Gasteiger partial charge in [0.2, 0.25) is 0 Å². The van der Waals surface area contributed by atoms with Crippen LogP contribution >= 0.6 is 0 Å². The van der Waals surface area contributed by atoms with Crippen LogP contribution in [0.25, 0.3) is 0 Å². The molecule has 0 saturated heterocycles. The highest BCUT2D eigenvalue weighted by Crippen LogP contribution is 2.40. The number of Topliss-reactive ketones (excluding diaryl/α,β-unsaturated/α-hetero) is 1. The Morgan fingerprint density at radius 3 is 2.35 bits per heavy atom. The average molecular weight is 278 g/mol. The molecule has 2 aliphatic carbocycles. The Morgan fingerprint density at radius 1 is 0.900 bits per heavy atom. The van der Waals surface area contributed by atoms with Gasteiger partial charge in [-0.3, -0.25) is 4.79 Å². The van der Waals surface area contributed by atoms with Crippen LogP contribution in [0.5, 0.6) is 0 Å². The highest BCUT2D eigenvalue weighted by molar-refractivity contribution is 5.79. The van der Waals surface area contributed by atoms with Gasteiger partial charge in [0.05, 0.1) is 0 Å². The third-order valence-corrected chi connectivity index (χ3v) is 5.79. The van der Waals surface area contributed by atoms with Crippen LogP contribution in [0.15, 0.2) is 0 Å². The molecule has 0 radical (unpaired) electrons. The molecular weight excluding hydrogens is 244 g/mol. The highest BCUT2D eigenvalue weighted by Gasteiger charge is 2.30. The van der Waals surface area contributed by atoms with E-state index in [0.29, 0.717) is 5.78 Å². The monoisotopic (exact) mass is 278 g/mol. The van der Waals surface area contributed by atoms with Crippen LogP contribution in [-0.2, 0) is 4.79 Å². The predicted octanol–water partition coefficient (Wildman–Crippen LogP) is 5.91. The van der Waals surface area contributed by atoms with Crippen LogP contribution in [0, 0.1) is 17.8 Å². The lowest BCUT2D eigenvalue weighted by molar-refractivity contribution is -0.122. The third kappa shape index (κ3) is 5.22. The molecule has 0 aromatic carbocycles. The Morgan fingerprint density at radius 2 is 1.65 bits per heavy atom. The topological polar surface area (TPSA) is 17.1 Å². The molecule has 0 bridgehead atoms. The zero-order chi connectivity index (χ0) is 14.2. The molecule has 0 spiro atoms. The van der Waals surface area contributed by atoms with E-state index in [1.54, 1.807) is 0 Å². The summed E-state index contributed by atoms with van der Waals surface area (Å²) >= 11 is 0. The highest BCUT2D eigenvalue weighted by atomic mass is 16.1. The summed E-state index contributed by atoms with van der Waals surface area (Å²) in [6.45, 7) is 2.29. The molecule has 20 heavy (non-hydrogen) atoms. The van der Waals surface area contributed by atoms with E-state index in [1.807, 2.05) is 0 Å². The molecule has 0 N–H and O–H groups in total. The summed E-state index contributed by atoms with van der Waals surface area (Å²) in [5.41, 5.74) is 0. The second-order valence-electron chi connectivity index (χ2n) is 7.38. The van der Waals surface area contributed by atoms with E-state index in [4.69, 9.17) is 0 Å². The van der Waals surface area contributed by atoms with Crippen LogP contribution in [0.1, 0.15) is 96.8 Å². The second-order valence-corrected chi connectivity index (χ2v) is 7.38. The molecule has 2 rings (SSSR count). The molecule has 1 atom stereocenters. The first-order chi connectivity index (χ1) is 9.79. The molecule has 1 nitrogen and oxygen atoms in total. The maximum atomic E-state index is 11.6. The second kappa shape index (κ2) is 8.85. The van der Waals surface area contributed by atoms with Gasteiger partial charge in [0.25, 0.3) is 0 Å². The van der Waals surface area contributed by atoms with Gasteiger partial charge in [-0.2, -0.15) is 0 Å². The van der Waals surface area contributed by atoms with Crippen molar-refractivity contribution in [2.75, 3.05) is 0 Å². The van der Waals surface area contributed by atoms with Gasteiger partial charge in [-0.25, -0.2) is 0 Å². The van der Waals surface area contributed by atoms with Gasteiger partial charge in [-0.05, 0) is 43.4 Å². The summed E-state index contributed by atoms with van der Waals surface area (Å²) in [5, 5.41) is 0. The zero-order valence-electron chi connectivity index (χ0n) is 13.5. The molecule has 2 saturated carbocycles. The summed E-state index contributed by atoms with van der Waals surface area (Å²) in [6.07, 6.45) is 18.6. The SMILES string of the molecule is CCCCCCCC1CCC(C2CCCC(=O)C2)CC1. The molecule has 116 valence electrons. The fourth-order valence-corrected chi connectivity index (χ4v) is 4.45. The van der Waals surface area contributed by atoms with Crippen LogP contribution in [0.4, 0.5) is 0 Å². The smallest absolute Gasteiger partial charge is 0.133 e. The van der Waals surface area contributed by atoms with Gasteiger partial charge >= 0.3 is 0 Å². The molecular formula is C19H34O. The van der Waals surface area contributed by atoms with Crippen molar-refractivity contribution in [1.82, 2.24) is 0 Å². The summed E-state index contributed by atoms with van der Waals surface area (Å²) in [6, 6.07) is 0. The maximum Gasteiger partial charge on any atom is 0.133 e. The zero-order valence-corrected chi connectivity index (χ0v) is 13.5. The Hall–Kier alpha value is -0.330. The minimum absolute atomic E-state index is 0.541. The van der Waals surface area contributed by atoms with E-state index in [1.165, 1.54) is 77.0 Å². The van der Waals surface area contributed by atoms with Crippen LogP contribution in [-0.4, -0.2) is 5.78 Å². The number of hydrogen-bond donors (Lipinski definition) is 0. The molecule has 1 unspecified atom stereocenters. The van der Waals surface area contributed by atoms with Gasteiger partial charge < -0.3 is 0 Å². The fourth-order valence-electron chi connectivity index (χ4n) is 4.45. The Labute approximate surface area is 125 Å². The number of hydrogen-bond acceptors (Lipinski definition) is 1. The van der Waals surface area contributed by atoms with Crippen LogP contribution in [0.2, 0.25) is 0 Å². The van der Waals surface area contributed by atoms with E-state index < -0.39 is 0 Å². The fraction of sp³-hybridized carbons (Fsp3) is 0.947. The number of carbonyl (C=O) groups excluding carboxylic acids is 1. The Balaban J connectivity index is 1.58. The third-order valence-electron chi connectivity index (χ3n) is 5.79. The van der Waals surface area contributed by atoms with Crippen molar-refractivity contribution >= 4 is 5.78 Å². The van der Waals surface area contributed by atoms with Gasteiger partial charge in [0, 0.05) is 12.8 Å². The molecule has 0 amide bonds. The van der Waals surface area contributed by atoms with Crippen molar-refractivity contribution in [3.05, 3.63) is 0 Å². The van der Waals surface area contributed by atoms with Crippen molar-refractivity contribution in [3.8, 4) is 0 Å². The minimum Gasteiger partial charge on any atom is -0.300 e. The largest absolute Gasteiger partial charge is 0.300 e. The van der Waals surface area contributed by atoms with Crippen LogP contribution < -0.4 is 0 Å². The number of ketones is 1. The van der Waals surface area contributed by atoms with Crippen molar-refractivity contribution in [2.24, 2.45) is 17.8 Å². The molecule has 0 aromatic rings. The van der Waals surface area contributed by atoms with Crippen molar-refractivity contribution in [3.63, 3.8) is 0 Å².